The topological polar surface area (TPSA) is 71.8 Å². The van der Waals surface area contributed by atoms with E-state index < -0.39 is 0 Å². The summed E-state index contributed by atoms with van der Waals surface area (Å²) in [6, 6.07) is 0. The zero-order valence-electron chi connectivity index (χ0n) is 8.22. The molecule has 0 aliphatic carbocycles. The molecule has 0 bridgehead atoms. The number of carbonyl (C=O) groups is 1. The van der Waals surface area contributed by atoms with E-state index in [0.29, 0.717) is 6.42 Å². The highest BCUT2D eigenvalue weighted by Crippen LogP contribution is 2.14. The first-order valence-corrected chi connectivity index (χ1v) is 4.32. The first-order valence-electron chi connectivity index (χ1n) is 4.32. The van der Waals surface area contributed by atoms with Gasteiger partial charge in [-0.3, -0.25) is 9.89 Å². The Hall–Kier alpha value is -1.32. The van der Waals surface area contributed by atoms with Crippen LogP contribution in [-0.4, -0.2) is 16.1 Å². The number of aryl methyl sites for hydroxylation is 2. The van der Waals surface area contributed by atoms with Gasteiger partial charge in [-0.2, -0.15) is 5.10 Å². The summed E-state index contributed by atoms with van der Waals surface area (Å²) in [5.41, 5.74) is 8.25. The van der Waals surface area contributed by atoms with Crippen LogP contribution in [-0.2, 0) is 11.2 Å². The number of amides is 1. The van der Waals surface area contributed by atoms with Gasteiger partial charge in [0.2, 0.25) is 5.91 Å². The van der Waals surface area contributed by atoms with Gasteiger partial charge >= 0.3 is 0 Å². The lowest BCUT2D eigenvalue weighted by Crippen LogP contribution is -2.22. The summed E-state index contributed by atoms with van der Waals surface area (Å²) in [4.78, 5) is 10.8. The number of aromatic amines is 1. The minimum absolute atomic E-state index is 0.130. The molecular formula is C9H15N3O. The van der Waals surface area contributed by atoms with Gasteiger partial charge in [0.25, 0.3) is 0 Å². The van der Waals surface area contributed by atoms with Gasteiger partial charge in [-0.25, -0.2) is 0 Å². The number of aromatic nitrogens is 2. The molecule has 0 radical (unpaired) electrons. The lowest BCUT2D eigenvalue weighted by molar-refractivity contribution is -0.121. The van der Waals surface area contributed by atoms with Crippen LogP contribution in [0.3, 0.4) is 0 Å². The van der Waals surface area contributed by atoms with Gasteiger partial charge in [0.1, 0.15) is 0 Å². The SMILES string of the molecule is Cc1n[nH]c(C)c1CC(C)C(N)=O. The number of carbonyl (C=O) groups excluding carboxylic acids is 1. The van der Waals surface area contributed by atoms with Gasteiger partial charge in [-0.15, -0.1) is 0 Å². The Bertz CT molecular complexity index is 297. The minimum Gasteiger partial charge on any atom is -0.369 e. The molecule has 4 nitrogen and oxygen atoms in total. The Kier molecular flexibility index (Phi) is 2.70. The van der Waals surface area contributed by atoms with Gasteiger partial charge in [0.05, 0.1) is 5.69 Å². The largest absolute Gasteiger partial charge is 0.369 e. The fourth-order valence-corrected chi connectivity index (χ4v) is 1.28. The average molecular weight is 181 g/mol. The molecule has 0 saturated carbocycles. The van der Waals surface area contributed by atoms with Crippen LogP contribution in [0.1, 0.15) is 23.9 Å². The Morgan fingerprint density at radius 3 is 2.62 bits per heavy atom. The summed E-state index contributed by atoms with van der Waals surface area (Å²) in [6.45, 7) is 5.70. The van der Waals surface area contributed by atoms with E-state index in [1.807, 2.05) is 20.8 Å². The molecular weight excluding hydrogens is 166 g/mol. The van der Waals surface area contributed by atoms with Gasteiger partial charge in [0.15, 0.2) is 0 Å². The van der Waals surface area contributed by atoms with Gasteiger partial charge < -0.3 is 5.73 Å². The lowest BCUT2D eigenvalue weighted by Gasteiger charge is -2.06. The highest BCUT2D eigenvalue weighted by molar-refractivity contribution is 5.76. The maximum atomic E-state index is 10.8. The summed E-state index contributed by atoms with van der Waals surface area (Å²) in [5, 5.41) is 6.93. The number of nitrogens with one attached hydrogen (secondary N) is 1. The summed E-state index contributed by atoms with van der Waals surface area (Å²) in [5.74, 6) is -0.394. The van der Waals surface area contributed by atoms with Gasteiger partial charge in [-0.05, 0) is 25.8 Å². The summed E-state index contributed by atoms with van der Waals surface area (Å²) < 4.78 is 0. The number of hydrogen-bond acceptors (Lipinski definition) is 2. The van der Waals surface area contributed by atoms with Crippen molar-refractivity contribution in [3.8, 4) is 0 Å². The van der Waals surface area contributed by atoms with Crippen LogP contribution in [0.25, 0.3) is 0 Å². The molecule has 0 aliphatic heterocycles. The van der Waals surface area contributed by atoms with Crippen molar-refractivity contribution in [2.24, 2.45) is 11.7 Å². The summed E-state index contributed by atoms with van der Waals surface area (Å²) in [6.07, 6.45) is 0.670. The Labute approximate surface area is 77.5 Å². The van der Waals surface area contributed by atoms with E-state index in [1.54, 1.807) is 0 Å². The van der Waals surface area contributed by atoms with Crippen molar-refractivity contribution in [3.05, 3.63) is 17.0 Å². The van der Waals surface area contributed by atoms with Crippen molar-refractivity contribution in [2.75, 3.05) is 0 Å². The summed E-state index contributed by atoms with van der Waals surface area (Å²) in [7, 11) is 0. The van der Waals surface area contributed by atoms with Crippen molar-refractivity contribution in [1.29, 1.82) is 0 Å². The van der Waals surface area contributed by atoms with E-state index >= 15 is 0 Å². The molecule has 0 aliphatic rings. The smallest absolute Gasteiger partial charge is 0.220 e. The molecule has 13 heavy (non-hydrogen) atoms. The van der Waals surface area contributed by atoms with Crippen LogP contribution in [0.2, 0.25) is 0 Å². The van der Waals surface area contributed by atoms with E-state index in [9.17, 15) is 4.79 Å². The van der Waals surface area contributed by atoms with E-state index in [-0.39, 0.29) is 11.8 Å². The first-order chi connectivity index (χ1) is 6.02. The third kappa shape index (κ3) is 2.08. The molecule has 0 aromatic carbocycles. The zero-order chi connectivity index (χ0) is 10.0. The molecule has 1 amide bonds. The Morgan fingerprint density at radius 1 is 1.62 bits per heavy atom. The summed E-state index contributed by atoms with van der Waals surface area (Å²) >= 11 is 0. The van der Waals surface area contributed by atoms with E-state index in [1.165, 1.54) is 0 Å². The van der Waals surface area contributed by atoms with Gasteiger partial charge in [0, 0.05) is 11.6 Å². The molecule has 72 valence electrons. The maximum Gasteiger partial charge on any atom is 0.220 e. The van der Waals surface area contributed by atoms with E-state index in [4.69, 9.17) is 5.73 Å². The molecule has 4 heteroatoms. The highest BCUT2D eigenvalue weighted by Gasteiger charge is 2.14. The standard InChI is InChI=1S/C9H15N3O/c1-5(9(10)13)4-8-6(2)11-12-7(8)3/h5H,4H2,1-3H3,(H2,10,13)(H,11,12). The fourth-order valence-electron chi connectivity index (χ4n) is 1.28. The third-order valence-corrected chi connectivity index (χ3v) is 2.28. The number of primary amides is 1. The van der Waals surface area contributed by atoms with Crippen LogP contribution < -0.4 is 5.73 Å². The Balaban J connectivity index is 2.79. The van der Waals surface area contributed by atoms with E-state index in [2.05, 4.69) is 10.2 Å². The molecule has 3 N–H and O–H groups in total. The minimum atomic E-state index is -0.264. The number of hydrogen-bond donors (Lipinski definition) is 2. The predicted molar refractivity (Wildman–Crippen MR) is 50.1 cm³/mol. The normalized spacial score (nSPS) is 12.8. The van der Waals surface area contributed by atoms with Crippen LogP contribution in [0, 0.1) is 19.8 Å². The highest BCUT2D eigenvalue weighted by atomic mass is 16.1. The monoisotopic (exact) mass is 181 g/mol. The molecule has 1 rings (SSSR count). The number of nitrogens with two attached hydrogens (primary N) is 1. The molecule has 0 spiro atoms. The van der Waals surface area contributed by atoms with Crippen molar-refractivity contribution < 1.29 is 4.79 Å². The van der Waals surface area contributed by atoms with Crippen molar-refractivity contribution in [1.82, 2.24) is 10.2 Å². The second-order valence-electron chi connectivity index (χ2n) is 3.42. The zero-order valence-corrected chi connectivity index (χ0v) is 8.22. The van der Waals surface area contributed by atoms with Crippen LogP contribution in [0.5, 0.6) is 0 Å². The van der Waals surface area contributed by atoms with Crippen LogP contribution in [0.15, 0.2) is 0 Å². The second kappa shape index (κ2) is 3.60. The maximum absolute atomic E-state index is 10.8. The van der Waals surface area contributed by atoms with E-state index in [0.717, 1.165) is 17.0 Å². The van der Waals surface area contributed by atoms with Crippen molar-refractivity contribution in [2.45, 2.75) is 27.2 Å². The molecule has 1 heterocycles. The van der Waals surface area contributed by atoms with Gasteiger partial charge in [-0.1, -0.05) is 6.92 Å². The third-order valence-electron chi connectivity index (χ3n) is 2.28. The predicted octanol–water partition coefficient (Wildman–Crippen LogP) is 0.690. The first kappa shape index (κ1) is 9.77. The van der Waals surface area contributed by atoms with Crippen LogP contribution >= 0.6 is 0 Å². The number of H-pyrrole nitrogens is 1. The molecule has 1 aromatic heterocycles. The number of rotatable bonds is 3. The molecule has 1 aromatic rings. The van der Waals surface area contributed by atoms with Crippen molar-refractivity contribution in [3.63, 3.8) is 0 Å². The second-order valence-corrected chi connectivity index (χ2v) is 3.42. The Morgan fingerprint density at radius 2 is 2.23 bits per heavy atom. The molecule has 0 saturated heterocycles. The number of nitrogens with zero attached hydrogens (tertiary/aromatic N) is 1. The fraction of sp³-hybridized carbons (Fsp3) is 0.556. The van der Waals surface area contributed by atoms with Crippen molar-refractivity contribution >= 4 is 5.91 Å². The quantitative estimate of drug-likeness (QED) is 0.720. The molecule has 0 fully saturated rings. The molecule has 1 unspecified atom stereocenters. The average Bonchev–Trinajstić information content (AvgIpc) is 2.35. The lowest BCUT2D eigenvalue weighted by atomic mass is 9.99. The molecule has 1 atom stereocenters. The van der Waals surface area contributed by atoms with Crippen LogP contribution in [0.4, 0.5) is 0 Å².